The van der Waals surface area contributed by atoms with Gasteiger partial charge in [0.1, 0.15) is 0 Å². The second-order valence-corrected chi connectivity index (χ2v) is 7.56. The topological polar surface area (TPSA) is 51.0 Å². The van der Waals surface area contributed by atoms with E-state index in [2.05, 4.69) is 10.1 Å². The van der Waals surface area contributed by atoms with Crippen molar-refractivity contribution in [2.75, 3.05) is 13.6 Å². The highest BCUT2D eigenvalue weighted by atomic mass is 16.2. The van der Waals surface area contributed by atoms with Crippen LogP contribution in [0.25, 0.3) is 17.1 Å². The molecule has 1 fully saturated rings. The molecule has 1 saturated carbocycles. The molecular weight excluding hydrogens is 348 g/mol. The highest BCUT2D eigenvalue weighted by Gasteiger charge is 2.24. The monoisotopic (exact) mass is 374 g/mol. The number of benzene rings is 2. The summed E-state index contributed by atoms with van der Waals surface area (Å²) in [6.07, 6.45) is 6.27. The number of hydrogen-bond donors (Lipinski definition) is 0. The van der Waals surface area contributed by atoms with Gasteiger partial charge < -0.3 is 4.90 Å². The third-order valence-electron chi connectivity index (χ3n) is 5.43. The van der Waals surface area contributed by atoms with Crippen molar-refractivity contribution < 1.29 is 4.79 Å². The zero-order valence-electron chi connectivity index (χ0n) is 16.3. The van der Waals surface area contributed by atoms with Gasteiger partial charge in [0.05, 0.1) is 5.69 Å². The molecule has 1 heterocycles. The van der Waals surface area contributed by atoms with E-state index in [4.69, 9.17) is 0 Å². The van der Waals surface area contributed by atoms with E-state index in [1.165, 1.54) is 32.1 Å². The van der Waals surface area contributed by atoms with Gasteiger partial charge in [-0.05, 0) is 30.9 Å². The lowest BCUT2D eigenvalue weighted by Gasteiger charge is -2.26. The average molecular weight is 374 g/mol. The molecule has 1 aliphatic carbocycles. The maximum Gasteiger partial charge on any atom is 0.293 e. The van der Waals surface area contributed by atoms with E-state index < -0.39 is 0 Å². The molecule has 0 spiro atoms. The number of aromatic nitrogens is 3. The lowest BCUT2D eigenvalue weighted by Crippen LogP contribution is -2.33. The summed E-state index contributed by atoms with van der Waals surface area (Å²) in [7, 11) is 1.86. The quantitative estimate of drug-likeness (QED) is 0.656. The van der Waals surface area contributed by atoms with Crippen LogP contribution in [0.1, 0.15) is 42.7 Å². The average Bonchev–Trinajstić information content (AvgIpc) is 3.20. The molecule has 0 bridgehead atoms. The van der Waals surface area contributed by atoms with Gasteiger partial charge in [-0.3, -0.25) is 4.79 Å². The summed E-state index contributed by atoms with van der Waals surface area (Å²) in [6, 6.07) is 19.7. The molecule has 4 rings (SSSR count). The molecule has 0 N–H and O–H groups in total. The fourth-order valence-electron chi connectivity index (χ4n) is 3.94. The summed E-state index contributed by atoms with van der Waals surface area (Å²) in [5.74, 6) is 1.41. The van der Waals surface area contributed by atoms with Crippen LogP contribution in [0.4, 0.5) is 0 Å². The Kier molecular flexibility index (Phi) is 5.51. The standard InChI is InChI=1S/C23H26N4O/c1-26(17-18-11-5-2-6-12-18)23(28)21-24-22(19-13-7-3-8-14-19)27(25-21)20-15-9-4-10-16-20/h3-4,7-10,13-16,18H,2,5-6,11-12,17H2,1H3. The Balaban J connectivity index is 1.64. The summed E-state index contributed by atoms with van der Waals surface area (Å²) in [4.78, 5) is 19.5. The van der Waals surface area contributed by atoms with Crippen molar-refractivity contribution in [2.45, 2.75) is 32.1 Å². The van der Waals surface area contributed by atoms with Gasteiger partial charge in [-0.25, -0.2) is 9.67 Å². The number of carbonyl (C=O) groups is 1. The van der Waals surface area contributed by atoms with Gasteiger partial charge in [-0.1, -0.05) is 67.8 Å². The summed E-state index contributed by atoms with van der Waals surface area (Å²) in [5, 5.41) is 4.59. The molecule has 1 aromatic heterocycles. The molecule has 5 nitrogen and oxygen atoms in total. The van der Waals surface area contributed by atoms with Gasteiger partial charge >= 0.3 is 0 Å². The van der Waals surface area contributed by atoms with E-state index in [1.807, 2.05) is 67.7 Å². The number of rotatable bonds is 5. The lowest BCUT2D eigenvalue weighted by atomic mass is 9.89. The molecule has 2 aromatic carbocycles. The van der Waals surface area contributed by atoms with Crippen LogP contribution in [0, 0.1) is 5.92 Å². The maximum atomic E-state index is 13.0. The number of nitrogens with zero attached hydrogens (tertiary/aromatic N) is 4. The second-order valence-electron chi connectivity index (χ2n) is 7.56. The first kappa shape index (κ1) is 18.4. The first-order valence-corrected chi connectivity index (χ1v) is 10.1. The summed E-state index contributed by atoms with van der Waals surface area (Å²) in [5.41, 5.74) is 1.83. The Morgan fingerprint density at radius 2 is 1.64 bits per heavy atom. The molecule has 0 radical (unpaired) electrons. The molecule has 144 valence electrons. The Morgan fingerprint density at radius 1 is 1.00 bits per heavy atom. The van der Waals surface area contributed by atoms with Crippen molar-refractivity contribution in [3.63, 3.8) is 0 Å². The van der Waals surface area contributed by atoms with Gasteiger partial charge in [0.25, 0.3) is 5.91 Å². The third kappa shape index (κ3) is 3.98. The Morgan fingerprint density at radius 3 is 2.32 bits per heavy atom. The molecule has 0 unspecified atom stereocenters. The molecule has 5 heteroatoms. The SMILES string of the molecule is CN(CC1CCCCC1)C(=O)c1nc(-c2ccccc2)n(-c2ccccc2)n1. The molecule has 0 atom stereocenters. The Hall–Kier alpha value is -2.95. The van der Waals surface area contributed by atoms with Gasteiger partial charge in [0.2, 0.25) is 5.82 Å². The normalized spacial score (nSPS) is 14.8. The zero-order chi connectivity index (χ0) is 19.3. The number of para-hydroxylation sites is 1. The third-order valence-corrected chi connectivity index (χ3v) is 5.43. The van der Waals surface area contributed by atoms with E-state index in [0.717, 1.165) is 17.8 Å². The Bertz CT molecular complexity index is 857. The van der Waals surface area contributed by atoms with Crippen molar-refractivity contribution >= 4 is 5.91 Å². The minimum atomic E-state index is -0.113. The minimum absolute atomic E-state index is 0.113. The molecular formula is C23H26N4O. The number of amides is 1. The lowest BCUT2D eigenvalue weighted by molar-refractivity contribution is 0.0748. The van der Waals surface area contributed by atoms with E-state index in [1.54, 1.807) is 9.58 Å². The smallest absolute Gasteiger partial charge is 0.293 e. The number of hydrogen-bond acceptors (Lipinski definition) is 3. The molecule has 1 amide bonds. The predicted octanol–water partition coefficient (Wildman–Crippen LogP) is 4.59. The van der Waals surface area contributed by atoms with Crippen molar-refractivity contribution in [3.05, 3.63) is 66.5 Å². The largest absolute Gasteiger partial charge is 0.339 e. The van der Waals surface area contributed by atoms with Gasteiger partial charge in [0.15, 0.2) is 5.82 Å². The van der Waals surface area contributed by atoms with Crippen LogP contribution in [0.3, 0.4) is 0 Å². The first-order chi connectivity index (χ1) is 13.7. The van der Waals surface area contributed by atoms with Crippen molar-refractivity contribution in [1.82, 2.24) is 19.7 Å². The van der Waals surface area contributed by atoms with Crippen LogP contribution in [0.15, 0.2) is 60.7 Å². The van der Waals surface area contributed by atoms with Crippen LogP contribution in [0.2, 0.25) is 0 Å². The van der Waals surface area contributed by atoms with Crippen molar-refractivity contribution in [2.24, 2.45) is 5.92 Å². The van der Waals surface area contributed by atoms with Crippen LogP contribution >= 0.6 is 0 Å². The van der Waals surface area contributed by atoms with Crippen molar-refractivity contribution in [1.29, 1.82) is 0 Å². The van der Waals surface area contributed by atoms with Crippen LogP contribution in [-0.2, 0) is 0 Å². The molecule has 3 aromatic rings. The minimum Gasteiger partial charge on any atom is -0.339 e. The molecule has 1 aliphatic rings. The molecule has 28 heavy (non-hydrogen) atoms. The van der Waals surface area contributed by atoms with E-state index in [-0.39, 0.29) is 11.7 Å². The van der Waals surface area contributed by atoms with Crippen LogP contribution in [-0.4, -0.2) is 39.2 Å². The van der Waals surface area contributed by atoms with Gasteiger partial charge in [-0.2, -0.15) is 0 Å². The second kappa shape index (κ2) is 8.38. The number of carbonyl (C=O) groups excluding carboxylic acids is 1. The highest BCUT2D eigenvalue weighted by Crippen LogP contribution is 2.25. The highest BCUT2D eigenvalue weighted by molar-refractivity contribution is 5.90. The first-order valence-electron chi connectivity index (χ1n) is 10.1. The fourth-order valence-corrected chi connectivity index (χ4v) is 3.94. The Labute approximate surface area is 166 Å². The fraction of sp³-hybridized carbons (Fsp3) is 0.348. The predicted molar refractivity (Wildman–Crippen MR) is 110 cm³/mol. The van der Waals surface area contributed by atoms with E-state index in [0.29, 0.717) is 11.7 Å². The van der Waals surface area contributed by atoms with E-state index in [9.17, 15) is 4.79 Å². The molecule has 0 saturated heterocycles. The zero-order valence-corrected chi connectivity index (χ0v) is 16.3. The van der Waals surface area contributed by atoms with Gasteiger partial charge in [0, 0.05) is 19.2 Å². The molecule has 0 aliphatic heterocycles. The van der Waals surface area contributed by atoms with E-state index >= 15 is 0 Å². The van der Waals surface area contributed by atoms with Crippen LogP contribution < -0.4 is 0 Å². The summed E-state index contributed by atoms with van der Waals surface area (Å²) < 4.78 is 1.76. The van der Waals surface area contributed by atoms with Crippen molar-refractivity contribution in [3.8, 4) is 17.1 Å². The maximum absolute atomic E-state index is 13.0. The summed E-state index contributed by atoms with van der Waals surface area (Å²) in [6.45, 7) is 0.777. The van der Waals surface area contributed by atoms with Crippen LogP contribution in [0.5, 0.6) is 0 Å². The summed E-state index contributed by atoms with van der Waals surface area (Å²) >= 11 is 0. The van der Waals surface area contributed by atoms with Gasteiger partial charge in [-0.15, -0.1) is 5.10 Å².